The maximum Gasteiger partial charge on any atom is 0.224 e. The van der Waals surface area contributed by atoms with Crippen LogP contribution in [-0.2, 0) is 17.8 Å². The Labute approximate surface area is 154 Å². The molecule has 0 atom stereocenters. The van der Waals surface area contributed by atoms with E-state index in [1.807, 2.05) is 29.6 Å². The fourth-order valence-corrected chi connectivity index (χ4v) is 3.79. The standard InChI is InChI=1S/C17H19N7OS/c25-16(9-13-3-5-15(6-4-13)24-12-19-21-22-24)18-10-14-11-26-17(20-14)23-7-1-2-8-23/h3-6,11-12H,1-2,7-10H2,(H,18,25). The van der Waals surface area contributed by atoms with Crippen molar-refractivity contribution in [2.75, 3.05) is 18.0 Å². The lowest BCUT2D eigenvalue weighted by Gasteiger charge is -2.12. The van der Waals surface area contributed by atoms with Crippen LogP contribution in [0.15, 0.2) is 36.0 Å². The molecule has 1 saturated heterocycles. The second-order valence-corrected chi connectivity index (χ2v) is 7.03. The quantitative estimate of drug-likeness (QED) is 0.710. The van der Waals surface area contributed by atoms with Crippen LogP contribution in [0.1, 0.15) is 24.1 Å². The molecule has 3 heterocycles. The highest BCUT2D eigenvalue weighted by atomic mass is 32.1. The van der Waals surface area contributed by atoms with E-state index in [-0.39, 0.29) is 5.91 Å². The maximum absolute atomic E-state index is 12.2. The van der Waals surface area contributed by atoms with E-state index < -0.39 is 0 Å². The number of nitrogens with one attached hydrogen (secondary N) is 1. The van der Waals surface area contributed by atoms with E-state index >= 15 is 0 Å². The minimum Gasteiger partial charge on any atom is -0.350 e. The van der Waals surface area contributed by atoms with E-state index in [2.05, 4.69) is 30.7 Å². The van der Waals surface area contributed by atoms with Crippen LogP contribution in [0.25, 0.3) is 5.69 Å². The Morgan fingerprint density at radius 1 is 1.19 bits per heavy atom. The number of anilines is 1. The first-order chi connectivity index (χ1) is 12.8. The summed E-state index contributed by atoms with van der Waals surface area (Å²) in [4.78, 5) is 19.1. The van der Waals surface area contributed by atoms with E-state index in [1.54, 1.807) is 16.0 Å². The molecule has 1 aliphatic rings. The van der Waals surface area contributed by atoms with Gasteiger partial charge < -0.3 is 10.2 Å². The number of amides is 1. The topological polar surface area (TPSA) is 88.8 Å². The number of hydrogen-bond donors (Lipinski definition) is 1. The molecule has 1 amide bonds. The minimum absolute atomic E-state index is 0.0177. The van der Waals surface area contributed by atoms with Gasteiger partial charge in [-0.25, -0.2) is 9.67 Å². The zero-order valence-electron chi connectivity index (χ0n) is 14.2. The molecule has 1 fully saturated rings. The fourth-order valence-electron chi connectivity index (χ4n) is 2.91. The molecule has 3 aromatic rings. The van der Waals surface area contributed by atoms with Crippen molar-refractivity contribution in [1.29, 1.82) is 0 Å². The van der Waals surface area contributed by atoms with Crippen molar-refractivity contribution in [2.45, 2.75) is 25.8 Å². The van der Waals surface area contributed by atoms with Gasteiger partial charge in [0.15, 0.2) is 5.13 Å². The van der Waals surface area contributed by atoms with Gasteiger partial charge in [0, 0.05) is 18.5 Å². The fraction of sp³-hybridized carbons (Fsp3) is 0.353. The number of thiazole rings is 1. The number of carbonyl (C=O) groups is 1. The number of carbonyl (C=O) groups excluding carboxylic acids is 1. The molecule has 0 aliphatic carbocycles. The van der Waals surface area contributed by atoms with Crippen molar-refractivity contribution in [1.82, 2.24) is 30.5 Å². The summed E-state index contributed by atoms with van der Waals surface area (Å²) in [7, 11) is 0. The molecule has 134 valence electrons. The molecule has 4 rings (SSSR count). The van der Waals surface area contributed by atoms with E-state index in [9.17, 15) is 4.79 Å². The molecule has 0 bridgehead atoms. The molecular formula is C17H19N7OS. The van der Waals surface area contributed by atoms with Gasteiger partial charge in [0.1, 0.15) is 6.33 Å². The number of benzene rings is 1. The van der Waals surface area contributed by atoms with Crippen molar-refractivity contribution >= 4 is 22.4 Å². The van der Waals surface area contributed by atoms with Crippen LogP contribution in [0.4, 0.5) is 5.13 Å². The van der Waals surface area contributed by atoms with Crippen LogP contribution < -0.4 is 10.2 Å². The van der Waals surface area contributed by atoms with E-state index in [1.165, 1.54) is 19.2 Å². The summed E-state index contributed by atoms with van der Waals surface area (Å²) in [5.74, 6) is -0.0177. The Morgan fingerprint density at radius 2 is 2.00 bits per heavy atom. The number of nitrogens with zero attached hydrogens (tertiary/aromatic N) is 6. The normalized spacial score (nSPS) is 13.9. The smallest absolute Gasteiger partial charge is 0.224 e. The van der Waals surface area contributed by atoms with Gasteiger partial charge in [-0.3, -0.25) is 4.79 Å². The zero-order chi connectivity index (χ0) is 17.8. The molecule has 1 aromatic carbocycles. The first-order valence-electron chi connectivity index (χ1n) is 8.56. The summed E-state index contributed by atoms with van der Waals surface area (Å²) >= 11 is 1.65. The molecule has 9 heteroatoms. The van der Waals surface area contributed by atoms with Gasteiger partial charge in [-0.1, -0.05) is 12.1 Å². The van der Waals surface area contributed by atoms with Crippen LogP contribution >= 0.6 is 11.3 Å². The molecule has 0 spiro atoms. The number of tetrazole rings is 1. The van der Waals surface area contributed by atoms with E-state index in [0.717, 1.165) is 35.2 Å². The Morgan fingerprint density at radius 3 is 2.73 bits per heavy atom. The molecule has 2 aromatic heterocycles. The highest BCUT2D eigenvalue weighted by Gasteiger charge is 2.15. The predicted molar refractivity (Wildman–Crippen MR) is 98.3 cm³/mol. The summed E-state index contributed by atoms with van der Waals surface area (Å²) in [5, 5.41) is 17.1. The lowest BCUT2D eigenvalue weighted by atomic mass is 10.1. The van der Waals surface area contributed by atoms with Gasteiger partial charge in [0.05, 0.1) is 24.3 Å². The van der Waals surface area contributed by atoms with Crippen molar-refractivity contribution in [3.05, 3.63) is 47.2 Å². The van der Waals surface area contributed by atoms with Gasteiger partial charge in [0.25, 0.3) is 0 Å². The lowest BCUT2D eigenvalue weighted by Crippen LogP contribution is -2.25. The Kier molecular flexibility index (Phi) is 4.87. The highest BCUT2D eigenvalue weighted by molar-refractivity contribution is 7.13. The van der Waals surface area contributed by atoms with E-state index in [4.69, 9.17) is 0 Å². The summed E-state index contributed by atoms with van der Waals surface area (Å²) < 4.78 is 1.57. The molecule has 0 saturated carbocycles. The summed E-state index contributed by atoms with van der Waals surface area (Å²) in [6.07, 6.45) is 4.33. The average Bonchev–Trinajstić information content (AvgIpc) is 3.42. The summed E-state index contributed by atoms with van der Waals surface area (Å²) in [6, 6.07) is 7.60. The molecular weight excluding hydrogens is 350 g/mol. The number of hydrogen-bond acceptors (Lipinski definition) is 7. The Bertz CT molecular complexity index is 854. The monoisotopic (exact) mass is 369 g/mol. The SMILES string of the molecule is O=C(Cc1ccc(-n2cnnn2)cc1)NCc1csc(N2CCCC2)n1. The third-order valence-electron chi connectivity index (χ3n) is 4.30. The molecule has 8 nitrogen and oxygen atoms in total. The van der Waals surface area contributed by atoms with E-state index in [0.29, 0.717) is 13.0 Å². The molecule has 0 radical (unpaired) electrons. The summed E-state index contributed by atoms with van der Waals surface area (Å²) in [5.41, 5.74) is 2.71. The van der Waals surface area contributed by atoms with Crippen molar-refractivity contribution in [3.63, 3.8) is 0 Å². The second-order valence-electron chi connectivity index (χ2n) is 6.19. The van der Waals surface area contributed by atoms with Gasteiger partial charge in [-0.05, 0) is 41.0 Å². The van der Waals surface area contributed by atoms with Gasteiger partial charge in [-0.15, -0.1) is 16.4 Å². The molecule has 1 N–H and O–H groups in total. The van der Waals surface area contributed by atoms with Gasteiger partial charge in [0.2, 0.25) is 5.91 Å². The van der Waals surface area contributed by atoms with Crippen molar-refractivity contribution < 1.29 is 4.79 Å². The minimum atomic E-state index is -0.0177. The zero-order valence-corrected chi connectivity index (χ0v) is 15.0. The van der Waals surface area contributed by atoms with Crippen LogP contribution in [0, 0.1) is 0 Å². The highest BCUT2D eigenvalue weighted by Crippen LogP contribution is 2.24. The number of rotatable bonds is 6. The maximum atomic E-state index is 12.2. The third kappa shape index (κ3) is 3.88. The van der Waals surface area contributed by atoms with Gasteiger partial charge in [-0.2, -0.15) is 0 Å². The lowest BCUT2D eigenvalue weighted by molar-refractivity contribution is -0.120. The van der Waals surface area contributed by atoms with Crippen LogP contribution in [0.2, 0.25) is 0 Å². The van der Waals surface area contributed by atoms with Crippen molar-refractivity contribution in [2.24, 2.45) is 0 Å². The first kappa shape index (κ1) is 16.6. The predicted octanol–water partition coefficient (Wildman–Crippen LogP) is 1.58. The number of aromatic nitrogens is 5. The Hall–Kier alpha value is -2.81. The van der Waals surface area contributed by atoms with Gasteiger partial charge >= 0.3 is 0 Å². The second kappa shape index (κ2) is 7.61. The first-order valence-corrected chi connectivity index (χ1v) is 9.44. The van der Waals surface area contributed by atoms with Crippen molar-refractivity contribution in [3.8, 4) is 5.69 Å². The Balaban J connectivity index is 1.28. The third-order valence-corrected chi connectivity index (χ3v) is 5.25. The largest absolute Gasteiger partial charge is 0.350 e. The molecule has 1 aliphatic heterocycles. The molecule has 26 heavy (non-hydrogen) atoms. The average molecular weight is 369 g/mol. The van der Waals surface area contributed by atoms with Crippen LogP contribution in [-0.4, -0.2) is 44.2 Å². The van der Waals surface area contributed by atoms with Crippen LogP contribution in [0.5, 0.6) is 0 Å². The van der Waals surface area contributed by atoms with Crippen LogP contribution in [0.3, 0.4) is 0 Å². The molecule has 0 unspecified atom stereocenters. The summed E-state index contributed by atoms with van der Waals surface area (Å²) in [6.45, 7) is 2.63.